The number of benzene rings is 1. The molecule has 3 rings (SSSR count). The van der Waals surface area contributed by atoms with Crippen LogP contribution < -0.4 is 0 Å². The van der Waals surface area contributed by atoms with E-state index in [1.165, 1.54) is 0 Å². The summed E-state index contributed by atoms with van der Waals surface area (Å²) in [6, 6.07) is 1.19. The maximum Gasteiger partial charge on any atom is 0.335 e. The summed E-state index contributed by atoms with van der Waals surface area (Å²) >= 11 is 0. The highest BCUT2D eigenvalue weighted by atomic mass is 16.6. The summed E-state index contributed by atoms with van der Waals surface area (Å²) in [5.74, 6) is -1.10. The van der Waals surface area contributed by atoms with E-state index in [0.29, 0.717) is 6.08 Å². The van der Waals surface area contributed by atoms with Crippen LogP contribution in [-0.2, 0) is 4.79 Å². The Morgan fingerprint density at radius 2 is 1.68 bits per heavy atom. The first-order valence-electron chi connectivity index (χ1n) is 6.58. The highest BCUT2D eigenvalue weighted by Crippen LogP contribution is 2.42. The van der Waals surface area contributed by atoms with Gasteiger partial charge in [0.25, 0.3) is 17.4 Å². The molecule has 0 aromatic heterocycles. The first-order chi connectivity index (χ1) is 11.8. The van der Waals surface area contributed by atoms with Crippen molar-refractivity contribution in [1.82, 2.24) is 0 Å². The molecule has 0 bridgehead atoms. The standard InChI is InChI=1S/C13H5N5O7/c14-15-12-7-3-5(16(20)21)1-2-6(7)10-8(17(22)23)4-9(18(24)25)13(19)11(10)12/h1-4,9H. The molecular weight excluding hydrogens is 338 g/mol. The molecule has 12 heteroatoms. The van der Waals surface area contributed by atoms with Gasteiger partial charge in [-0.15, -0.1) is 0 Å². The maximum absolute atomic E-state index is 12.4. The van der Waals surface area contributed by atoms with Crippen molar-refractivity contribution in [3.8, 4) is 0 Å². The molecule has 0 saturated carbocycles. The van der Waals surface area contributed by atoms with Crippen LogP contribution in [0.15, 0.2) is 35.5 Å². The maximum atomic E-state index is 12.4. The van der Waals surface area contributed by atoms with Crippen LogP contribution in [0.1, 0.15) is 11.1 Å². The van der Waals surface area contributed by atoms with E-state index < -0.39 is 49.3 Å². The summed E-state index contributed by atoms with van der Waals surface area (Å²) in [6.07, 6.45) is 0.604. The Hall–Kier alpha value is -4.05. The second kappa shape index (κ2) is 5.25. The predicted molar refractivity (Wildman–Crippen MR) is 78.6 cm³/mol. The fourth-order valence-corrected chi connectivity index (χ4v) is 2.82. The van der Waals surface area contributed by atoms with Gasteiger partial charge in [-0.3, -0.25) is 35.1 Å². The van der Waals surface area contributed by atoms with Crippen molar-refractivity contribution in [3.05, 3.63) is 82.5 Å². The first-order valence-corrected chi connectivity index (χ1v) is 6.58. The number of nitro benzene ring substituents is 1. The molecule has 0 spiro atoms. The van der Waals surface area contributed by atoms with Crippen LogP contribution in [0, 0.1) is 30.3 Å². The van der Waals surface area contributed by atoms with Crippen LogP contribution in [-0.4, -0.2) is 37.1 Å². The van der Waals surface area contributed by atoms with Gasteiger partial charge in [-0.25, -0.2) is 0 Å². The molecule has 0 fully saturated rings. The lowest BCUT2D eigenvalue weighted by atomic mass is 9.90. The molecule has 2 aliphatic rings. The summed E-state index contributed by atoms with van der Waals surface area (Å²) in [4.78, 5) is 45.9. The summed E-state index contributed by atoms with van der Waals surface area (Å²) in [6.45, 7) is 0. The first kappa shape index (κ1) is 15.8. The number of hydrogen-bond donors (Lipinski definition) is 0. The lowest BCUT2D eigenvalue weighted by Gasteiger charge is -2.11. The van der Waals surface area contributed by atoms with E-state index in [4.69, 9.17) is 0 Å². The minimum atomic E-state index is -2.01. The molecule has 25 heavy (non-hydrogen) atoms. The molecule has 1 unspecified atom stereocenters. The summed E-state index contributed by atoms with van der Waals surface area (Å²) in [5, 5.41) is 33.2. The van der Waals surface area contributed by atoms with Crippen LogP contribution in [0.2, 0.25) is 0 Å². The van der Waals surface area contributed by atoms with E-state index in [0.717, 1.165) is 18.2 Å². The van der Waals surface area contributed by atoms with Crippen LogP contribution in [0.25, 0.3) is 11.1 Å². The van der Waals surface area contributed by atoms with Crippen molar-refractivity contribution in [2.24, 2.45) is 0 Å². The van der Waals surface area contributed by atoms with Gasteiger partial charge >= 0.3 is 5.71 Å². The summed E-state index contributed by atoms with van der Waals surface area (Å²) in [7, 11) is 0. The Morgan fingerprint density at radius 1 is 1.00 bits per heavy atom. The van der Waals surface area contributed by atoms with Gasteiger partial charge in [0.05, 0.1) is 27.1 Å². The van der Waals surface area contributed by atoms with Gasteiger partial charge in [0.15, 0.2) is 0 Å². The third-order valence-corrected chi connectivity index (χ3v) is 3.84. The molecule has 1 aromatic rings. The number of fused-ring (bicyclic) bond motifs is 2. The smallest absolute Gasteiger partial charge is 0.335 e. The lowest BCUT2D eigenvalue weighted by Crippen LogP contribution is -2.34. The lowest BCUT2D eigenvalue weighted by molar-refractivity contribution is -0.497. The minimum Gasteiger partial charge on any atom is -0.361 e. The summed E-state index contributed by atoms with van der Waals surface area (Å²) < 4.78 is 0. The molecule has 0 radical (unpaired) electrons. The topological polar surface area (TPSA) is 183 Å². The predicted octanol–water partition coefficient (Wildman–Crippen LogP) is 0.769. The average Bonchev–Trinajstić information content (AvgIpc) is 2.88. The van der Waals surface area contributed by atoms with Crippen molar-refractivity contribution < 1.29 is 24.4 Å². The van der Waals surface area contributed by atoms with Crippen molar-refractivity contribution >= 4 is 22.8 Å². The third kappa shape index (κ3) is 2.13. The molecule has 1 atom stereocenters. The van der Waals surface area contributed by atoms with Gasteiger partial charge in [0, 0.05) is 22.6 Å². The zero-order valence-corrected chi connectivity index (χ0v) is 12.0. The second-order valence-electron chi connectivity index (χ2n) is 5.09. The van der Waals surface area contributed by atoms with Crippen LogP contribution in [0.3, 0.4) is 0 Å². The average molecular weight is 343 g/mol. The molecule has 1 aromatic carbocycles. The molecule has 0 heterocycles. The Bertz CT molecular complexity index is 1020. The number of carbonyl (C=O) groups excluding carboxylic acids is 1. The Labute approximate surface area is 136 Å². The highest BCUT2D eigenvalue weighted by molar-refractivity contribution is 6.38. The zero-order valence-electron chi connectivity index (χ0n) is 12.0. The van der Waals surface area contributed by atoms with E-state index in [9.17, 15) is 40.7 Å². The SMILES string of the molecule is [N-]=[N+]=C1C2=C(C([N+](=O)[O-])=CC([N+](=O)[O-])C2=O)c2ccc([N+](=O)[O-])cc21. The van der Waals surface area contributed by atoms with Crippen molar-refractivity contribution in [3.63, 3.8) is 0 Å². The zero-order chi connectivity index (χ0) is 18.5. The quantitative estimate of drug-likeness (QED) is 0.335. The van der Waals surface area contributed by atoms with Gasteiger partial charge in [-0.2, -0.15) is 4.79 Å². The largest absolute Gasteiger partial charge is 0.361 e. The Morgan fingerprint density at radius 3 is 2.20 bits per heavy atom. The van der Waals surface area contributed by atoms with E-state index in [2.05, 4.69) is 4.79 Å². The number of ketones is 1. The van der Waals surface area contributed by atoms with Crippen molar-refractivity contribution in [1.29, 1.82) is 0 Å². The molecule has 2 aliphatic carbocycles. The summed E-state index contributed by atoms with van der Waals surface area (Å²) in [5.41, 5.74) is 6.84. The van der Waals surface area contributed by atoms with E-state index in [-0.39, 0.29) is 16.7 Å². The van der Waals surface area contributed by atoms with Gasteiger partial charge < -0.3 is 5.53 Å². The fraction of sp³-hybridized carbons (Fsp3) is 0.0769. The molecule has 0 saturated heterocycles. The molecule has 124 valence electrons. The number of nitro groups is 3. The van der Waals surface area contributed by atoms with E-state index >= 15 is 0 Å². The van der Waals surface area contributed by atoms with Crippen LogP contribution in [0.4, 0.5) is 5.69 Å². The van der Waals surface area contributed by atoms with E-state index in [1.54, 1.807) is 0 Å². The monoisotopic (exact) mass is 343 g/mol. The number of non-ortho nitro benzene ring substituents is 1. The molecular formula is C13H5N5O7. The number of Topliss-reactive ketones (excluding diaryl/α,β-unsaturated/α-hetero) is 1. The van der Waals surface area contributed by atoms with Crippen LogP contribution in [0.5, 0.6) is 0 Å². The molecule has 12 nitrogen and oxygen atoms in total. The van der Waals surface area contributed by atoms with Crippen molar-refractivity contribution in [2.75, 3.05) is 0 Å². The van der Waals surface area contributed by atoms with Crippen molar-refractivity contribution in [2.45, 2.75) is 6.04 Å². The fourth-order valence-electron chi connectivity index (χ4n) is 2.82. The highest BCUT2D eigenvalue weighted by Gasteiger charge is 2.52. The molecule has 0 N–H and O–H groups in total. The second-order valence-corrected chi connectivity index (χ2v) is 5.09. The van der Waals surface area contributed by atoms with Gasteiger partial charge in [0.1, 0.15) is 5.57 Å². The number of carbonyl (C=O) groups is 1. The normalized spacial score (nSPS) is 18.2. The molecule has 0 aliphatic heterocycles. The number of rotatable bonds is 3. The number of hydrogen-bond acceptors (Lipinski definition) is 7. The van der Waals surface area contributed by atoms with Gasteiger partial charge in [-0.1, -0.05) is 0 Å². The Balaban J connectivity index is 2.34. The van der Waals surface area contributed by atoms with E-state index in [1.807, 2.05) is 0 Å². The number of nitrogens with zero attached hydrogens (tertiary/aromatic N) is 5. The molecule has 0 amide bonds. The van der Waals surface area contributed by atoms with Gasteiger partial charge in [-0.05, 0) is 6.07 Å². The third-order valence-electron chi connectivity index (χ3n) is 3.84. The number of allylic oxidation sites excluding steroid dienone is 1. The van der Waals surface area contributed by atoms with Crippen LogP contribution >= 0.6 is 0 Å². The van der Waals surface area contributed by atoms with Gasteiger partial charge in [0.2, 0.25) is 5.78 Å². The Kier molecular flexibility index (Phi) is 3.32. The minimum absolute atomic E-state index is 0.0477.